The first-order valence-corrected chi connectivity index (χ1v) is 14.0. The van der Waals surface area contributed by atoms with Crippen LogP contribution < -0.4 is 4.74 Å². The van der Waals surface area contributed by atoms with Crippen LogP contribution in [0.4, 0.5) is 4.79 Å². The van der Waals surface area contributed by atoms with E-state index in [2.05, 4.69) is 18.8 Å². The number of ether oxygens (including phenoxy) is 2. The maximum Gasteiger partial charge on any atom is 0.513 e. The number of carbonyl (C=O) groups is 1. The number of aryl methyl sites for hydroxylation is 1. The van der Waals surface area contributed by atoms with Crippen LogP contribution >= 0.6 is 0 Å². The number of hydrogen-bond donors (Lipinski definition) is 0. The van der Waals surface area contributed by atoms with Gasteiger partial charge < -0.3 is 9.47 Å². The molecule has 1 aromatic carbocycles. The lowest BCUT2D eigenvalue weighted by atomic mass is 9.84. The summed E-state index contributed by atoms with van der Waals surface area (Å²) in [5.74, 6) is 1.98. The van der Waals surface area contributed by atoms with E-state index in [0.717, 1.165) is 55.8 Å². The number of aromatic nitrogens is 2. The summed E-state index contributed by atoms with van der Waals surface area (Å²) in [6, 6.07) is 7.35. The minimum atomic E-state index is -0.648. The minimum Gasteiger partial charge on any atom is -0.434 e. The van der Waals surface area contributed by atoms with Crippen molar-refractivity contribution in [1.29, 1.82) is 0 Å². The van der Waals surface area contributed by atoms with Crippen molar-refractivity contribution in [3.05, 3.63) is 41.7 Å². The maximum atomic E-state index is 11.9. The van der Waals surface area contributed by atoms with Gasteiger partial charge in [0, 0.05) is 17.5 Å². The molecule has 0 saturated heterocycles. The monoisotopic (exact) mass is 480 g/mol. The van der Waals surface area contributed by atoms with Crippen LogP contribution in [-0.2, 0) is 17.6 Å². The summed E-state index contributed by atoms with van der Waals surface area (Å²) in [6.45, 7) is 4.83. The molecule has 0 bridgehead atoms. The molecule has 0 spiro atoms. The second kappa shape index (κ2) is 15.5. The Hall–Kier alpha value is -2.43. The van der Waals surface area contributed by atoms with Gasteiger partial charge >= 0.3 is 6.16 Å². The molecule has 1 heterocycles. The van der Waals surface area contributed by atoms with E-state index in [9.17, 15) is 4.79 Å². The van der Waals surface area contributed by atoms with Gasteiger partial charge in [-0.1, -0.05) is 84.5 Å². The van der Waals surface area contributed by atoms with Crippen LogP contribution in [0.1, 0.15) is 109 Å². The highest BCUT2D eigenvalue weighted by molar-refractivity contribution is 5.65. The van der Waals surface area contributed by atoms with Crippen LogP contribution in [-0.4, -0.2) is 22.7 Å². The number of benzene rings is 1. The van der Waals surface area contributed by atoms with Gasteiger partial charge in [-0.05, 0) is 61.4 Å². The largest absolute Gasteiger partial charge is 0.513 e. The summed E-state index contributed by atoms with van der Waals surface area (Å²) >= 11 is 0. The zero-order valence-corrected chi connectivity index (χ0v) is 21.9. The number of hydrogen-bond acceptors (Lipinski definition) is 5. The van der Waals surface area contributed by atoms with Crippen LogP contribution in [0.25, 0.3) is 11.4 Å². The molecule has 1 aliphatic carbocycles. The fraction of sp³-hybridized carbons (Fsp3) is 0.633. The summed E-state index contributed by atoms with van der Waals surface area (Å²) in [7, 11) is 0. The molecule has 35 heavy (non-hydrogen) atoms. The molecule has 1 aromatic heterocycles. The molecule has 0 radical (unpaired) electrons. The van der Waals surface area contributed by atoms with E-state index in [1.165, 1.54) is 69.0 Å². The summed E-state index contributed by atoms with van der Waals surface area (Å²) < 4.78 is 10.4. The van der Waals surface area contributed by atoms with Gasteiger partial charge in [0.1, 0.15) is 5.75 Å². The Morgan fingerprint density at radius 1 is 0.914 bits per heavy atom. The van der Waals surface area contributed by atoms with Crippen molar-refractivity contribution in [2.75, 3.05) is 6.61 Å². The molecule has 3 rings (SSSR count). The summed E-state index contributed by atoms with van der Waals surface area (Å²) in [5.41, 5.74) is 3.44. The van der Waals surface area contributed by atoms with Crippen LogP contribution in [0.15, 0.2) is 30.5 Å². The van der Waals surface area contributed by atoms with Crippen LogP contribution in [0, 0.1) is 5.92 Å². The van der Waals surface area contributed by atoms with E-state index in [-0.39, 0.29) is 0 Å². The van der Waals surface area contributed by atoms with Gasteiger partial charge in [-0.3, -0.25) is 0 Å². The van der Waals surface area contributed by atoms with Gasteiger partial charge in [0.05, 0.1) is 6.61 Å². The molecule has 1 atom stereocenters. The predicted octanol–water partition coefficient (Wildman–Crippen LogP) is 8.48. The van der Waals surface area contributed by atoms with Gasteiger partial charge in [-0.25, -0.2) is 14.8 Å². The van der Waals surface area contributed by atoms with E-state index in [1.54, 1.807) is 12.1 Å². The second-order valence-electron chi connectivity index (χ2n) is 9.97. The molecule has 0 saturated carbocycles. The predicted molar refractivity (Wildman–Crippen MR) is 142 cm³/mol. The molecule has 2 aromatic rings. The van der Waals surface area contributed by atoms with Crippen LogP contribution in [0.3, 0.4) is 0 Å². The molecule has 0 fully saturated rings. The van der Waals surface area contributed by atoms with Crippen molar-refractivity contribution in [3.8, 4) is 17.1 Å². The molecule has 5 heteroatoms. The number of unbranched alkanes of at least 4 members (excludes halogenated alkanes) is 9. The highest BCUT2D eigenvalue weighted by atomic mass is 16.7. The van der Waals surface area contributed by atoms with Crippen LogP contribution in [0.5, 0.6) is 5.75 Å². The normalized spacial score (nSPS) is 15.0. The number of rotatable bonds is 15. The first kappa shape index (κ1) is 27.2. The summed E-state index contributed by atoms with van der Waals surface area (Å²) in [6.07, 6.45) is 20.0. The zero-order chi connectivity index (χ0) is 24.7. The Labute approximate surface area is 212 Å². The average molecular weight is 481 g/mol. The Bertz CT molecular complexity index is 882. The van der Waals surface area contributed by atoms with Crippen LogP contribution in [0.2, 0.25) is 0 Å². The van der Waals surface area contributed by atoms with Crippen molar-refractivity contribution in [3.63, 3.8) is 0 Å². The average Bonchev–Trinajstić information content (AvgIpc) is 2.88. The Morgan fingerprint density at radius 3 is 2.34 bits per heavy atom. The Morgan fingerprint density at radius 2 is 1.60 bits per heavy atom. The third kappa shape index (κ3) is 9.62. The third-order valence-electron chi connectivity index (χ3n) is 7.00. The maximum absolute atomic E-state index is 11.9. The molecular weight excluding hydrogens is 436 g/mol. The molecule has 1 unspecified atom stereocenters. The number of carbonyl (C=O) groups excluding carboxylic acids is 1. The smallest absolute Gasteiger partial charge is 0.434 e. The molecule has 5 nitrogen and oxygen atoms in total. The van der Waals surface area contributed by atoms with E-state index < -0.39 is 6.16 Å². The first-order chi connectivity index (χ1) is 17.2. The van der Waals surface area contributed by atoms with E-state index >= 15 is 0 Å². The number of fused-ring (bicyclic) bond motifs is 1. The van der Waals surface area contributed by atoms with Crippen molar-refractivity contribution in [2.45, 2.75) is 110 Å². The first-order valence-electron chi connectivity index (χ1n) is 14.0. The lowest BCUT2D eigenvalue weighted by molar-refractivity contribution is 0.0973. The summed E-state index contributed by atoms with van der Waals surface area (Å²) in [5, 5.41) is 0. The van der Waals surface area contributed by atoms with Gasteiger partial charge in [0.2, 0.25) is 0 Å². The SMILES string of the molecule is CCCCCCCCCC1CCc2nc(-c3ccc(OC(=O)OCCCCCC)cc3)ncc2C1. The van der Waals surface area contributed by atoms with Gasteiger partial charge in [0.25, 0.3) is 0 Å². The number of nitrogens with zero attached hydrogens (tertiary/aromatic N) is 2. The molecule has 0 amide bonds. The highest BCUT2D eigenvalue weighted by Crippen LogP contribution is 2.29. The van der Waals surface area contributed by atoms with Crippen molar-refractivity contribution >= 4 is 6.16 Å². The molecular formula is C30H44N2O3. The van der Waals surface area contributed by atoms with Crippen molar-refractivity contribution < 1.29 is 14.3 Å². The quantitative estimate of drug-likeness (QED) is 0.145. The van der Waals surface area contributed by atoms with Crippen molar-refractivity contribution in [2.24, 2.45) is 5.92 Å². The lowest BCUT2D eigenvalue weighted by Gasteiger charge is -2.24. The Balaban J connectivity index is 1.43. The summed E-state index contributed by atoms with van der Waals surface area (Å²) in [4.78, 5) is 21.4. The van der Waals surface area contributed by atoms with Gasteiger partial charge in [-0.2, -0.15) is 0 Å². The molecule has 0 N–H and O–H groups in total. The fourth-order valence-corrected chi connectivity index (χ4v) is 4.84. The standard InChI is InChI=1S/C30H44N2O3/c1-3-5-7-9-10-11-12-14-24-15-20-28-26(22-24)23-31-29(32-28)25-16-18-27(19-17-25)35-30(33)34-21-13-8-6-4-2/h16-19,23-24H,3-15,20-22H2,1-2H3. The van der Waals surface area contributed by atoms with E-state index in [1.807, 2.05) is 18.3 Å². The Kier molecular flexibility index (Phi) is 12.1. The van der Waals surface area contributed by atoms with Gasteiger partial charge in [-0.15, -0.1) is 0 Å². The molecule has 1 aliphatic rings. The van der Waals surface area contributed by atoms with Gasteiger partial charge in [0.15, 0.2) is 5.82 Å². The lowest BCUT2D eigenvalue weighted by Crippen LogP contribution is -2.16. The minimum absolute atomic E-state index is 0.403. The molecule has 0 aliphatic heterocycles. The second-order valence-corrected chi connectivity index (χ2v) is 9.97. The van der Waals surface area contributed by atoms with Crippen molar-refractivity contribution in [1.82, 2.24) is 9.97 Å². The van der Waals surface area contributed by atoms with E-state index in [4.69, 9.17) is 14.5 Å². The van der Waals surface area contributed by atoms with E-state index in [0.29, 0.717) is 12.4 Å². The highest BCUT2D eigenvalue weighted by Gasteiger charge is 2.20. The third-order valence-corrected chi connectivity index (χ3v) is 7.00. The molecule has 192 valence electrons. The fourth-order valence-electron chi connectivity index (χ4n) is 4.84. The zero-order valence-electron chi connectivity index (χ0n) is 21.9. The topological polar surface area (TPSA) is 61.3 Å².